The van der Waals surface area contributed by atoms with E-state index < -0.39 is 0 Å². The van der Waals surface area contributed by atoms with Crippen molar-refractivity contribution < 1.29 is 4.79 Å². The molecule has 0 saturated heterocycles. The summed E-state index contributed by atoms with van der Waals surface area (Å²) in [5.41, 5.74) is 4.34. The molecule has 0 fully saturated rings. The second kappa shape index (κ2) is 5.27. The first-order valence-electron chi connectivity index (χ1n) is 7.89. The van der Waals surface area contributed by atoms with Gasteiger partial charge in [0, 0.05) is 18.4 Å². The summed E-state index contributed by atoms with van der Waals surface area (Å²) in [6, 6.07) is 6.21. The number of nitrogens with zero attached hydrogens (tertiary/aromatic N) is 2. The van der Waals surface area contributed by atoms with Crippen molar-refractivity contribution in [2.24, 2.45) is 0 Å². The van der Waals surface area contributed by atoms with Crippen molar-refractivity contribution in [2.45, 2.75) is 52.0 Å². The lowest BCUT2D eigenvalue weighted by Gasteiger charge is -2.19. The summed E-state index contributed by atoms with van der Waals surface area (Å²) in [5.74, 6) is 0.366. The molecule has 1 amide bonds. The first-order valence-corrected chi connectivity index (χ1v) is 7.89. The third kappa shape index (κ3) is 2.43. The lowest BCUT2D eigenvalue weighted by Crippen LogP contribution is -2.14. The van der Waals surface area contributed by atoms with Gasteiger partial charge in [-0.3, -0.25) is 9.48 Å². The Bertz CT molecular complexity index is 715. The third-order valence-electron chi connectivity index (χ3n) is 4.61. The lowest BCUT2D eigenvalue weighted by atomic mass is 9.86. The van der Waals surface area contributed by atoms with Gasteiger partial charge < -0.3 is 5.32 Å². The molecule has 1 aromatic heterocycles. The normalized spacial score (nSPS) is 19.0. The summed E-state index contributed by atoms with van der Waals surface area (Å²) < 4.78 is 1.76. The second-order valence-electron chi connectivity index (χ2n) is 6.79. The van der Waals surface area contributed by atoms with Gasteiger partial charge in [-0.05, 0) is 41.9 Å². The van der Waals surface area contributed by atoms with Crippen LogP contribution in [0, 0.1) is 0 Å². The predicted octanol–water partition coefficient (Wildman–Crippen LogP) is 3.94. The first-order chi connectivity index (χ1) is 10.4. The van der Waals surface area contributed by atoms with Crippen LogP contribution < -0.4 is 5.32 Å². The van der Waals surface area contributed by atoms with E-state index in [1.807, 2.05) is 19.1 Å². The van der Waals surface area contributed by atoms with Gasteiger partial charge in [0.1, 0.15) is 0 Å². The number of hydrogen-bond donors (Lipinski definition) is 1. The highest BCUT2D eigenvalue weighted by molar-refractivity contribution is 6.04. The number of amides is 1. The van der Waals surface area contributed by atoms with Gasteiger partial charge in [-0.1, -0.05) is 32.9 Å². The van der Waals surface area contributed by atoms with E-state index in [0.29, 0.717) is 11.5 Å². The van der Waals surface area contributed by atoms with E-state index in [1.54, 1.807) is 17.1 Å². The van der Waals surface area contributed by atoms with E-state index in [4.69, 9.17) is 0 Å². The Balaban J connectivity index is 1.91. The molecule has 0 bridgehead atoms. The number of carbonyl (C=O) groups is 1. The molecule has 22 heavy (non-hydrogen) atoms. The number of aryl methyl sites for hydroxylation is 1. The molecule has 0 saturated carbocycles. The smallest absolute Gasteiger partial charge is 0.258 e. The van der Waals surface area contributed by atoms with Gasteiger partial charge in [-0.15, -0.1) is 0 Å². The zero-order valence-corrected chi connectivity index (χ0v) is 13.7. The molecular weight excluding hydrogens is 274 g/mol. The Hall–Kier alpha value is -2.10. The van der Waals surface area contributed by atoms with Crippen LogP contribution in [-0.2, 0) is 12.0 Å². The maximum absolute atomic E-state index is 12.4. The van der Waals surface area contributed by atoms with Crippen LogP contribution in [0.1, 0.15) is 61.5 Å². The Kier molecular flexibility index (Phi) is 3.55. The minimum atomic E-state index is -0.0926. The van der Waals surface area contributed by atoms with Crippen molar-refractivity contribution >= 4 is 11.6 Å². The summed E-state index contributed by atoms with van der Waals surface area (Å²) in [5, 5.41) is 7.24. The minimum absolute atomic E-state index is 0.0926. The summed E-state index contributed by atoms with van der Waals surface area (Å²) in [6.07, 6.45) is 4.52. The Morgan fingerprint density at radius 3 is 2.91 bits per heavy atom. The monoisotopic (exact) mass is 297 g/mol. The molecule has 3 rings (SSSR count). The van der Waals surface area contributed by atoms with Crippen LogP contribution in [0.15, 0.2) is 30.6 Å². The van der Waals surface area contributed by atoms with Gasteiger partial charge in [0.15, 0.2) is 0 Å². The molecule has 4 nitrogen and oxygen atoms in total. The Morgan fingerprint density at radius 1 is 1.45 bits per heavy atom. The highest BCUT2D eigenvalue weighted by atomic mass is 16.1. The molecule has 2 aromatic rings. The molecule has 0 aliphatic heterocycles. The van der Waals surface area contributed by atoms with Crippen molar-refractivity contribution in [2.75, 3.05) is 5.32 Å². The molecule has 1 atom stereocenters. The van der Waals surface area contributed by atoms with Crippen LogP contribution in [0.5, 0.6) is 0 Å². The number of fused-ring (bicyclic) bond motifs is 1. The molecule has 1 aromatic carbocycles. The molecule has 1 N–H and O–H groups in total. The molecule has 1 heterocycles. The molecule has 1 aliphatic rings. The van der Waals surface area contributed by atoms with E-state index in [9.17, 15) is 4.79 Å². The highest BCUT2D eigenvalue weighted by Gasteiger charge is 2.36. The van der Waals surface area contributed by atoms with E-state index in [2.05, 4.69) is 37.3 Å². The fourth-order valence-corrected chi connectivity index (χ4v) is 3.62. The van der Waals surface area contributed by atoms with Crippen LogP contribution in [0.3, 0.4) is 0 Å². The second-order valence-corrected chi connectivity index (χ2v) is 6.79. The van der Waals surface area contributed by atoms with Crippen molar-refractivity contribution in [1.82, 2.24) is 9.78 Å². The highest BCUT2D eigenvalue weighted by Crippen LogP contribution is 2.48. The zero-order valence-electron chi connectivity index (χ0n) is 13.7. The number of anilines is 1. The summed E-state index contributed by atoms with van der Waals surface area (Å²) in [7, 11) is 0. The van der Waals surface area contributed by atoms with Gasteiger partial charge in [-0.2, -0.15) is 5.10 Å². The van der Waals surface area contributed by atoms with Crippen molar-refractivity contribution in [1.29, 1.82) is 0 Å². The van der Waals surface area contributed by atoms with Crippen LogP contribution in [0.2, 0.25) is 0 Å². The average molecular weight is 297 g/mol. The van der Waals surface area contributed by atoms with Gasteiger partial charge in [0.2, 0.25) is 0 Å². The van der Waals surface area contributed by atoms with Crippen molar-refractivity contribution in [3.63, 3.8) is 0 Å². The molecule has 1 aliphatic carbocycles. The van der Waals surface area contributed by atoms with Gasteiger partial charge >= 0.3 is 0 Å². The van der Waals surface area contributed by atoms with E-state index in [0.717, 1.165) is 18.7 Å². The SMILES string of the molecule is CCn1cc(C(=O)Nc2cccc3c2C(C)CC3(C)C)cn1. The number of benzene rings is 1. The fourth-order valence-electron chi connectivity index (χ4n) is 3.62. The van der Waals surface area contributed by atoms with E-state index in [1.165, 1.54) is 11.1 Å². The van der Waals surface area contributed by atoms with Crippen LogP contribution in [0.4, 0.5) is 5.69 Å². The Labute approximate surface area is 131 Å². The standard InChI is InChI=1S/C18H23N3O/c1-5-21-11-13(10-19-21)17(22)20-15-8-6-7-14-16(15)12(2)9-18(14,3)4/h6-8,10-12H,5,9H2,1-4H3,(H,20,22). The summed E-state index contributed by atoms with van der Waals surface area (Å²) >= 11 is 0. The van der Waals surface area contributed by atoms with Crippen molar-refractivity contribution in [3.8, 4) is 0 Å². The molecule has 1 unspecified atom stereocenters. The summed E-state index contributed by atoms with van der Waals surface area (Å²) in [4.78, 5) is 12.4. The van der Waals surface area contributed by atoms with Gasteiger partial charge in [0.25, 0.3) is 5.91 Å². The van der Waals surface area contributed by atoms with Crippen LogP contribution in [-0.4, -0.2) is 15.7 Å². The van der Waals surface area contributed by atoms with Crippen LogP contribution >= 0.6 is 0 Å². The average Bonchev–Trinajstić information content (AvgIpc) is 3.03. The van der Waals surface area contributed by atoms with Crippen LogP contribution in [0.25, 0.3) is 0 Å². The minimum Gasteiger partial charge on any atom is -0.322 e. The molecule has 116 valence electrons. The first kappa shape index (κ1) is 14.8. The predicted molar refractivity (Wildman–Crippen MR) is 88.4 cm³/mol. The van der Waals surface area contributed by atoms with Gasteiger partial charge in [0.05, 0.1) is 11.8 Å². The van der Waals surface area contributed by atoms with Crippen molar-refractivity contribution in [3.05, 3.63) is 47.3 Å². The van der Waals surface area contributed by atoms with E-state index in [-0.39, 0.29) is 11.3 Å². The molecule has 0 radical (unpaired) electrons. The number of aromatic nitrogens is 2. The number of hydrogen-bond acceptors (Lipinski definition) is 2. The maximum Gasteiger partial charge on any atom is 0.258 e. The lowest BCUT2D eigenvalue weighted by molar-refractivity contribution is 0.102. The maximum atomic E-state index is 12.4. The topological polar surface area (TPSA) is 46.9 Å². The number of rotatable bonds is 3. The zero-order chi connectivity index (χ0) is 15.9. The van der Waals surface area contributed by atoms with E-state index >= 15 is 0 Å². The number of nitrogens with one attached hydrogen (secondary N) is 1. The molecule has 4 heteroatoms. The quantitative estimate of drug-likeness (QED) is 0.932. The summed E-state index contributed by atoms with van der Waals surface area (Å²) in [6.45, 7) is 9.54. The largest absolute Gasteiger partial charge is 0.322 e. The Morgan fingerprint density at radius 2 is 2.23 bits per heavy atom. The number of carbonyl (C=O) groups excluding carboxylic acids is 1. The molecular formula is C18H23N3O. The molecule has 0 spiro atoms. The fraction of sp³-hybridized carbons (Fsp3) is 0.444. The third-order valence-corrected chi connectivity index (χ3v) is 4.61. The van der Waals surface area contributed by atoms with Gasteiger partial charge in [-0.25, -0.2) is 0 Å².